The summed E-state index contributed by atoms with van der Waals surface area (Å²) in [6.45, 7) is 5.42. The molecule has 1 aromatic carbocycles. The van der Waals surface area contributed by atoms with E-state index in [1.165, 1.54) is 0 Å². The third-order valence-corrected chi connectivity index (χ3v) is 2.29. The van der Waals surface area contributed by atoms with E-state index in [-0.39, 0.29) is 10.9 Å². The normalized spacial score (nSPS) is 10.5. The summed E-state index contributed by atoms with van der Waals surface area (Å²) in [5, 5.41) is 2.98. The fraction of sp³-hybridized carbons (Fsp3) is 0.600. The molecule has 0 aliphatic carbocycles. The molecule has 0 bridgehead atoms. The summed E-state index contributed by atoms with van der Waals surface area (Å²) >= 11 is 0. The Labute approximate surface area is 83.2 Å². The average Bonchev–Trinajstić information content (AvgIpc) is 2.21. The lowest BCUT2D eigenvalue weighted by atomic mass is 10.1. The Balaban J connectivity index is 2.89. The molecule has 1 aromatic rings. The Morgan fingerprint density at radius 3 is 2.36 bits per heavy atom. The summed E-state index contributed by atoms with van der Waals surface area (Å²) in [4.78, 5) is 24.2. The highest BCUT2D eigenvalue weighted by atomic mass is 16.2. The van der Waals surface area contributed by atoms with E-state index in [2.05, 4.69) is 5.32 Å². The van der Waals surface area contributed by atoms with Crippen LogP contribution in [0.2, 0.25) is 0 Å². The second-order valence-electron chi connectivity index (χ2n) is 3.32. The standard InChI is InChI=1S/C10H16N2O2/c1-4-6-11-7-8(12(3)5-2)10(14)9(7)13/h11H,4-6H2,1-3H3. The van der Waals surface area contributed by atoms with Crippen molar-refractivity contribution in [1.29, 1.82) is 0 Å². The van der Waals surface area contributed by atoms with Crippen molar-refractivity contribution in [3.8, 4) is 0 Å². The molecule has 14 heavy (non-hydrogen) atoms. The summed E-state index contributed by atoms with van der Waals surface area (Å²) in [6, 6.07) is 0. The van der Waals surface area contributed by atoms with Crippen molar-refractivity contribution in [2.24, 2.45) is 0 Å². The van der Waals surface area contributed by atoms with Gasteiger partial charge in [-0.2, -0.15) is 0 Å². The first kappa shape index (κ1) is 10.8. The highest BCUT2D eigenvalue weighted by Gasteiger charge is 2.22. The van der Waals surface area contributed by atoms with Crippen LogP contribution in [0.15, 0.2) is 9.59 Å². The molecule has 0 spiro atoms. The summed E-state index contributed by atoms with van der Waals surface area (Å²) in [6.07, 6.45) is 0.939. The van der Waals surface area contributed by atoms with Crippen LogP contribution in [0, 0.1) is 0 Å². The fourth-order valence-electron chi connectivity index (χ4n) is 1.32. The van der Waals surface area contributed by atoms with Gasteiger partial charge in [0.05, 0.1) is 0 Å². The zero-order valence-electron chi connectivity index (χ0n) is 8.89. The van der Waals surface area contributed by atoms with E-state index in [4.69, 9.17) is 0 Å². The van der Waals surface area contributed by atoms with Crippen molar-refractivity contribution in [2.45, 2.75) is 20.3 Å². The van der Waals surface area contributed by atoms with Gasteiger partial charge in [-0.3, -0.25) is 9.59 Å². The van der Waals surface area contributed by atoms with Crippen LogP contribution < -0.4 is 21.1 Å². The zero-order valence-corrected chi connectivity index (χ0v) is 8.89. The third kappa shape index (κ3) is 1.64. The molecule has 0 atom stereocenters. The van der Waals surface area contributed by atoms with Crippen molar-refractivity contribution >= 4 is 11.4 Å². The SMILES string of the molecule is CCCNc1c(N(C)CC)c(=O)c1=O. The lowest BCUT2D eigenvalue weighted by molar-refractivity contribution is 0.933. The number of hydrogen-bond acceptors (Lipinski definition) is 4. The maximum atomic E-state index is 11.2. The second kappa shape index (κ2) is 4.26. The molecule has 4 heteroatoms. The van der Waals surface area contributed by atoms with Crippen molar-refractivity contribution < 1.29 is 0 Å². The van der Waals surface area contributed by atoms with Gasteiger partial charge in [0.2, 0.25) is 0 Å². The minimum absolute atomic E-state index is 0.368. The Morgan fingerprint density at radius 2 is 1.86 bits per heavy atom. The van der Waals surface area contributed by atoms with Gasteiger partial charge in [-0.05, 0) is 13.3 Å². The number of hydrogen-bond donors (Lipinski definition) is 1. The minimum atomic E-state index is -0.381. The summed E-state index contributed by atoms with van der Waals surface area (Å²) < 4.78 is 0. The molecular weight excluding hydrogens is 180 g/mol. The predicted molar refractivity (Wildman–Crippen MR) is 59.1 cm³/mol. The van der Waals surface area contributed by atoms with Crippen molar-refractivity contribution in [3.63, 3.8) is 0 Å². The number of nitrogens with one attached hydrogen (secondary N) is 1. The molecule has 4 nitrogen and oxygen atoms in total. The maximum Gasteiger partial charge on any atom is 0.253 e. The molecule has 78 valence electrons. The van der Waals surface area contributed by atoms with Gasteiger partial charge >= 0.3 is 0 Å². The molecule has 0 aliphatic rings. The first-order valence-corrected chi connectivity index (χ1v) is 4.91. The van der Waals surface area contributed by atoms with Crippen LogP contribution in [0.25, 0.3) is 0 Å². The molecule has 0 saturated carbocycles. The lowest BCUT2D eigenvalue weighted by Gasteiger charge is -2.21. The van der Waals surface area contributed by atoms with Gasteiger partial charge < -0.3 is 10.2 Å². The van der Waals surface area contributed by atoms with Crippen LogP contribution in [0.4, 0.5) is 11.4 Å². The quantitative estimate of drug-likeness (QED) is 0.699. The molecule has 0 aromatic heterocycles. The van der Waals surface area contributed by atoms with E-state index < -0.39 is 0 Å². The molecule has 1 rings (SSSR count). The Kier molecular flexibility index (Phi) is 3.28. The molecule has 0 aliphatic heterocycles. The minimum Gasteiger partial charge on any atom is -0.380 e. The van der Waals surface area contributed by atoms with Crippen LogP contribution >= 0.6 is 0 Å². The number of nitrogens with zero attached hydrogens (tertiary/aromatic N) is 1. The first-order chi connectivity index (χ1) is 6.63. The van der Waals surface area contributed by atoms with Crippen LogP contribution in [0.3, 0.4) is 0 Å². The van der Waals surface area contributed by atoms with Crippen molar-refractivity contribution in [3.05, 3.63) is 20.4 Å². The summed E-state index contributed by atoms with van der Waals surface area (Å²) in [7, 11) is 1.81. The Hall–Kier alpha value is -1.32. The largest absolute Gasteiger partial charge is 0.380 e. The average molecular weight is 196 g/mol. The fourth-order valence-corrected chi connectivity index (χ4v) is 1.32. The molecule has 0 radical (unpaired) electrons. The third-order valence-electron chi connectivity index (χ3n) is 2.29. The second-order valence-corrected chi connectivity index (χ2v) is 3.32. The molecule has 0 unspecified atom stereocenters. The van der Waals surface area contributed by atoms with Gasteiger partial charge in [0, 0.05) is 20.1 Å². The van der Waals surface area contributed by atoms with E-state index in [1.807, 2.05) is 20.9 Å². The Bertz CT molecular complexity index is 377. The van der Waals surface area contributed by atoms with Crippen LogP contribution in [0.1, 0.15) is 20.3 Å². The van der Waals surface area contributed by atoms with Gasteiger partial charge in [0.25, 0.3) is 10.9 Å². The molecule has 0 heterocycles. The lowest BCUT2D eigenvalue weighted by Crippen LogP contribution is -2.41. The van der Waals surface area contributed by atoms with E-state index in [9.17, 15) is 9.59 Å². The van der Waals surface area contributed by atoms with Gasteiger partial charge in [0.1, 0.15) is 11.4 Å². The maximum absolute atomic E-state index is 11.2. The molecule has 0 amide bonds. The monoisotopic (exact) mass is 196 g/mol. The molecule has 1 N–H and O–H groups in total. The highest BCUT2D eigenvalue weighted by Crippen LogP contribution is 2.17. The first-order valence-electron chi connectivity index (χ1n) is 4.91. The topological polar surface area (TPSA) is 49.4 Å². The van der Waals surface area contributed by atoms with Gasteiger partial charge in [-0.1, -0.05) is 6.92 Å². The number of anilines is 2. The van der Waals surface area contributed by atoms with Crippen molar-refractivity contribution in [1.82, 2.24) is 0 Å². The molecule has 0 fully saturated rings. The van der Waals surface area contributed by atoms with E-state index in [0.717, 1.165) is 19.5 Å². The smallest absolute Gasteiger partial charge is 0.253 e. The molecular formula is C10H16N2O2. The van der Waals surface area contributed by atoms with Gasteiger partial charge in [-0.15, -0.1) is 0 Å². The van der Waals surface area contributed by atoms with Crippen LogP contribution in [0.5, 0.6) is 0 Å². The van der Waals surface area contributed by atoms with E-state index >= 15 is 0 Å². The zero-order chi connectivity index (χ0) is 10.7. The Morgan fingerprint density at radius 1 is 1.21 bits per heavy atom. The number of rotatable bonds is 5. The van der Waals surface area contributed by atoms with E-state index in [0.29, 0.717) is 11.4 Å². The van der Waals surface area contributed by atoms with Gasteiger partial charge in [0.15, 0.2) is 0 Å². The van der Waals surface area contributed by atoms with Crippen LogP contribution in [-0.2, 0) is 0 Å². The van der Waals surface area contributed by atoms with Crippen LogP contribution in [-0.4, -0.2) is 20.1 Å². The molecule has 0 saturated heterocycles. The predicted octanol–water partition coefficient (Wildman–Crippen LogP) is 0.561. The summed E-state index contributed by atoms with van der Waals surface area (Å²) in [5.74, 6) is 0. The highest BCUT2D eigenvalue weighted by molar-refractivity contribution is 5.74. The van der Waals surface area contributed by atoms with Crippen molar-refractivity contribution in [2.75, 3.05) is 30.4 Å². The van der Waals surface area contributed by atoms with E-state index in [1.54, 1.807) is 4.90 Å². The summed E-state index contributed by atoms with van der Waals surface area (Å²) in [5.41, 5.74) is 0.272. The van der Waals surface area contributed by atoms with Gasteiger partial charge in [-0.25, -0.2) is 0 Å².